The molecule has 1 saturated heterocycles. The van der Waals surface area contributed by atoms with Crippen LogP contribution in [0.5, 0.6) is 0 Å². The van der Waals surface area contributed by atoms with Crippen LogP contribution in [0.15, 0.2) is 12.4 Å². The summed E-state index contributed by atoms with van der Waals surface area (Å²) in [7, 11) is 0. The van der Waals surface area contributed by atoms with Crippen LogP contribution in [-0.2, 0) is 12.1 Å². The van der Waals surface area contributed by atoms with E-state index in [1.807, 2.05) is 20.8 Å². The van der Waals surface area contributed by atoms with Crippen LogP contribution in [0.1, 0.15) is 39.2 Å². The highest BCUT2D eigenvalue weighted by Crippen LogP contribution is 2.36. The first kappa shape index (κ1) is 17.3. The van der Waals surface area contributed by atoms with Crippen molar-refractivity contribution in [2.45, 2.75) is 57.9 Å². The molecule has 0 spiro atoms. The Morgan fingerprint density at radius 1 is 1.32 bits per heavy atom. The van der Waals surface area contributed by atoms with Gasteiger partial charge in [0, 0.05) is 30.8 Å². The fourth-order valence-electron chi connectivity index (χ4n) is 3.04. The van der Waals surface area contributed by atoms with Gasteiger partial charge in [-0.3, -0.25) is 9.58 Å². The molecule has 0 unspecified atom stereocenters. The first-order chi connectivity index (χ1) is 10.1. The second kappa shape index (κ2) is 6.20. The fourth-order valence-corrected chi connectivity index (χ4v) is 3.04. The first-order valence-electron chi connectivity index (χ1n) is 7.58. The van der Waals surface area contributed by atoms with Gasteiger partial charge in [-0.05, 0) is 40.2 Å². The predicted octanol–water partition coefficient (Wildman–Crippen LogP) is 2.77. The Morgan fingerprint density at radius 3 is 2.50 bits per heavy atom. The first-order valence-corrected chi connectivity index (χ1v) is 7.58. The van der Waals surface area contributed by atoms with Crippen LogP contribution in [0.3, 0.4) is 0 Å². The number of piperidine rings is 1. The van der Waals surface area contributed by atoms with E-state index in [4.69, 9.17) is 0 Å². The third-order valence-electron chi connectivity index (χ3n) is 4.14. The number of aromatic nitrogens is 2. The standard InChI is InChI=1S/C15H24F3N3O/c1-14(2,3)21-9-11(7-19-21)8-20-6-4-5-12(10-22)13(20)15(16,17)18/h7,9,12-13,22H,4-6,8,10H2,1-3H3/t12-,13-/m0/s1. The Labute approximate surface area is 128 Å². The largest absolute Gasteiger partial charge is 0.404 e. The van der Waals surface area contributed by atoms with Gasteiger partial charge in [0.05, 0.1) is 11.7 Å². The van der Waals surface area contributed by atoms with Crippen LogP contribution in [-0.4, -0.2) is 45.2 Å². The highest BCUT2D eigenvalue weighted by molar-refractivity contribution is 5.06. The van der Waals surface area contributed by atoms with Crippen LogP contribution < -0.4 is 0 Å². The van der Waals surface area contributed by atoms with Crippen molar-refractivity contribution < 1.29 is 18.3 Å². The van der Waals surface area contributed by atoms with Gasteiger partial charge in [-0.1, -0.05) is 0 Å². The lowest BCUT2D eigenvalue weighted by Crippen LogP contribution is -2.54. The second-order valence-corrected chi connectivity index (χ2v) is 7.01. The van der Waals surface area contributed by atoms with Crippen molar-refractivity contribution in [1.29, 1.82) is 0 Å². The van der Waals surface area contributed by atoms with Gasteiger partial charge < -0.3 is 5.11 Å². The van der Waals surface area contributed by atoms with Crippen molar-refractivity contribution in [3.63, 3.8) is 0 Å². The zero-order valence-electron chi connectivity index (χ0n) is 13.3. The number of rotatable bonds is 3. The maximum atomic E-state index is 13.4. The zero-order valence-corrected chi connectivity index (χ0v) is 13.3. The average Bonchev–Trinajstić information content (AvgIpc) is 2.85. The highest BCUT2D eigenvalue weighted by atomic mass is 19.4. The van der Waals surface area contributed by atoms with E-state index >= 15 is 0 Å². The molecule has 1 aromatic rings. The van der Waals surface area contributed by atoms with Crippen molar-refractivity contribution in [3.05, 3.63) is 18.0 Å². The van der Waals surface area contributed by atoms with E-state index in [9.17, 15) is 18.3 Å². The maximum Gasteiger partial charge on any atom is 0.404 e. The third kappa shape index (κ3) is 3.81. The molecule has 7 heteroatoms. The van der Waals surface area contributed by atoms with Gasteiger partial charge in [0.1, 0.15) is 6.04 Å². The quantitative estimate of drug-likeness (QED) is 0.931. The van der Waals surface area contributed by atoms with E-state index in [0.29, 0.717) is 19.4 Å². The van der Waals surface area contributed by atoms with Gasteiger partial charge in [0.25, 0.3) is 0 Å². The summed E-state index contributed by atoms with van der Waals surface area (Å²) in [5, 5.41) is 13.5. The van der Waals surface area contributed by atoms with E-state index in [0.717, 1.165) is 5.56 Å². The summed E-state index contributed by atoms with van der Waals surface area (Å²) in [5.74, 6) is -0.744. The van der Waals surface area contributed by atoms with Crippen LogP contribution in [0.4, 0.5) is 13.2 Å². The molecule has 2 atom stereocenters. The molecule has 0 saturated carbocycles. The molecule has 0 aliphatic carbocycles. The molecule has 0 bridgehead atoms. The van der Waals surface area contributed by atoms with E-state index in [2.05, 4.69) is 5.10 Å². The zero-order chi connectivity index (χ0) is 16.5. The summed E-state index contributed by atoms with van der Waals surface area (Å²) in [6.45, 7) is 6.14. The number of likely N-dealkylation sites (tertiary alicyclic amines) is 1. The summed E-state index contributed by atoms with van der Waals surface area (Å²) < 4.78 is 41.8. The number of hydrogen-bond donors (Lipinski definition) is 1. The Kier molecular flexibility index (Phi) is 4.87. The molecule has 1 N–H and O–H groups in total. The minimum Gasteiger partial charge on any atom is -0.396 e. The van der Waals surface area contributed by atoms with Gasteiger partial charge in [0.2, 0.25) is 0 Å². The number of aliphatic hydroxyl groups is 1. The molecule has 22 heavy (non-hydrogen) atoms. The molecular weight excluding hydrogens is 295 g/mol. The molecular formula is C15H24F3N3O. The summed E-state index contributed by atoms with van der Waals surface area (Å²) >= 11 is 0. The number of nitrogens with zero attached hydrogens (tertiary/aromatic N) is 3. The third-order valence-corrected chi connectivity index (χ3v) is 4.14. The van der Waals surface area contributed by atoms with Crippen molar-refractivity contribution in [3.8, 4) is 0 Å². The van der Waals surface area contributed by atoms with Crippen molar-refractivity contribution in [2.24, 2.45) is 5.92 Å². The normalized spacial score (nSPS) is 24.7. The fraction of sp³-hybridized carbons (Fsp3) is 0.800. The van der Waals surface area contributed by atoms with E-state index in [1.54, 1.807) is 17.1 Å². The maximum absolute atomic E-state index is 13.4. The Morgan fingerprint density at radius 2 is 2.00 bits per heavy atom. The highest BCUT2D eigenvalue weighted by Gasteiger charge is 2.49. The molecule has 4 nitrogen and oxygen atoms in total. The number of hydrogen-bond acceptors (Lipinski definition) is 3. The van der Waals surface area contributed by atoms with E-state index in [-0.39, 0.29) is 12.1 Å². The Balaban J connectivity index is 2.17. The number of halogens is 3. The molecule has 2 heterocycles. The van der Waals surface area contributed by atoms with Gasteiger partial charge >= 0.3 is 6.18 Å². The molecule has 126 valence electrons. The predicted molar refractivity (Wildman–Crippen MR) is 77.3 cm³/mol. The average molecular weight is 319 g/mol. The number of alkyl halides is 3. The summed E-state index contributed by atoms with van der Waals surface area (Å²) in [4.78, 5) is 1.42. The molecule has 1 aliphatic rings. The van der Waals surface area contributed by atoms with E-state index in [1.165, 1.54) is 4.90 Å². The summed E-state index contributed by atoms with van der Waals surface area (Å²) in [6, 6.07) is -1.58. The van der Waals surface area contributed by atoms with Gasteiger partial charge in [0.15, 0.2) is 0 Å². The molecule has 0 aromatic carbocycles. The Hall–Kier alpha value is -1.08. The van der Waals surface area contributed by atoms with Crippen molar-refractivity contribution in [2.75, 3.05) is 13.2 Å². The van der Waals surface area contributed by atoms with Gasteiger partial charge in [-0.25, -0.2) is 0 Å². The Bertz CT molecular complexity index is 493. The lowest BCUT2D eigenvalue weighted by Gasteiger charge is -2.41. The monoisotopic (exact) mass is 319 g/mol. The molecule has 1 fully saturated rings. The molecule has 1 aliphatic heterocycles. The van der Waals surface area contributed by atoms with Crippen LogP contribution in [0, 0.1) is 5.92 Å². The van der Waals surface area contributed by atoms with Crippen LogP contribution >= 0.6 is 0 Å². The molecule has 1 aromatic heterocycles. The minimum absolute atomic E-state index is 0.197. The molecule has 0 amide bonds. The van der Waals surface area contributed by atoms with E-state index < -0.39 is 24.7 Å². The molecule has 2 rings (SSSR count). The SMILES string of the molecule is CC(C)(C)n1cc(CN2CCC[C@@H](CO)[C@H]2C(F)(F)F)cn1. The lowest BCUT2D eigenvalue weighted by atomic mass is 9.89. The molecule has 0 radical (unpaired) electrons. The smallest absolute Gasteiger partial charge is 0.396 e. The van der Waals surface area contributed by atoms with Crippen LogP contribution in [0.25, 0.3) is 0 Å². The van der Waals surface area contributed by atoms with Crippen LogP contribution in [0.2, 0.25) is 0 Å². The summed E-state index contributed by atoms with van der Waals surface area (Å²) in [5.41, 5.74) is 0.569. The lowest BCUT2D eigenvalue weighted by molar-refractivity contribution is -0.210. The van der Waals surface area contributed by atoms with Crippen molar-refractivity contribution in [1.82, 2.24) is 14.7 Å². The van der Waals surface area contributed by atoms with Gasteiger partial charge in [-0.2, -0.15) is 18.3 Å². The number of aliphatic hydroxyl groups excluding tert-OH is 1. The van der Waals surface area contributed by atoms with Gasteiger partial charge in [-0.15, -0.1) is 0 Å². The summed E-state index contributed by atoms with van der Waals surface area (Å²) in [6.07, 6.45) is 0.189. The second-order valence-electron chi connectivity index (χ2n) is 7.01. The minimum atomic E-state index is -4.33. The van der Waals surface area contributed by atoms with Crippen molar-refractivity contribution >= 4 is 0 Å². The topological polar surface area (TPSA) is 41.3 Å².